The minimum atomic E-state index is -0.773. The van der Waals surface area contributed by atoms with E-state index >= 15 is 0 Å². The molecule has 136 valence electrons. The summed E-state index contributed by atoms with van der Waals surface area (Å²) in [6.07, 6.45) is 6.70. The van der Waals surface area contributed by atoms with Gasteiger partial charge in [-0.1, -0.05) is 6.07 Å². The lowest BCUT2D eigenvalue weighted by molar-refractivity contribution is -0.137. The van der Waals surface area contributed by atoms with Gasteiger partial charge in [-0.3, -0.25) is 4.79 Å². The third kappa shape index (κ3) is 3.98. The molecule has 0 bridgehead atoms. The second-order valence-electron chi connectivity index (χ2n) is 7.14. The van der Waals surface area contributed by atoms with Crippen LogP contribution in [-0.4, -0.2) is 28.8 Å². The Kier molecular flexibility index (Phi) is 4.78. The molecule has 2 aromatic rings. The lowest BCUT2D eigenvalue weighted by atomic mass is 9.96. The van der Waals surface area contributed by atoms with Crippen molar-refractivity contribution in [3.05, 3.63) is 42.1 Å². The van der Waals surface area contributed by atoms with Gasteiger partial charge in [0.05, 0.1) is 12.7 Å². The normalized spacial score (nSPS) is 18.7. The van der Waals surface area contributed by atoms with E-state index in [2.05, 4.69) is 11.1 Å². The molecule has 1 unspecified atom stereocenters. The lowest BCUT2D eigenvalue weighted by Gasteiger charge is -2.26. The third-order valence-electron chi connectivity index (χ3n) is 5.00. The number of hydrogen-bond acceptors (Lipinski definition) is 4. The molecule has 1 aliphatic carbocycles. The Morgan fingerprint density at radius 2 is 2.15 bits per heavy atom. The standard InChI is InChI=1S/C21H23NO4/c23-20(24)10-8-17-7-5-16-12-15(6-9-19(16)26-17)18-2-1-11-22-21(18)25-13-14-3-4-14/h1-2,6,9,11-12,14,17H,3-5,7-8,10,13H2,(H,23,24). The maximum Gasteiger partial charge on any atom is 0.303 e. The number of aryl methyl sites for hydroxylation is 1. The average Bonchev–Trinajstić information content (AvgIpc) is 3.49. The van der Waals surface area contributed by atoms with Crippen molar-refractivity contribution in [3.63, 3.8) is 0 Å². The van der Waals surface area contributed by atoms with Crippen LogP contribution in [0.3, 0.4) is 0 Å². The summed E-state index contributed by atoms with van der Waals surface area (Å²) in [5, 5.41) is 8.84. The van der Waals surface area contributed by atoms with Gasteiger partial charge in [0.2, 0.25) is 5.88 Å². The first-order chi connectivity index (χ1) is 12.7. The van der Waals surface area contributed by atoms with Crippen LogP contribution >= 0.6 is 0 Å². The van der Waals surface area contributed by atoms with E-state index in [1.54, 1.807) is 6.20 Å². The number of nitrogens with zero attached hydrogens (tertiary/aromatic N) is 1. The molecule has 1 aromatic carbocycles. The largest absolute Gasteiger partial charge is 0.490 e. The highest BCUT2D eigenvalue weighted by Gasteiger charge is 2.24. The fourth-order valence-electron chi connectivity index (χ4n) is 3.31. The van der Waals surface area contributed by atoms with Gasteiger partial charge in [0.1, 0.15) is 5.75 Å². The van der Waals surface area contributed by atoms with Crippen molar-refractivity contribution < 1.29 is 19.4 Å². The summed E-state index contributed by atoms with van der Waals surface area (Å²) in [7, 11) is 0. The van der Waals surface area contributed by atoms with Gasteiger partial charge in [0.15, 0.2) is 0 Å². The van der Waals surface area contributed by atoms with Gasteiger partial charge in [0.25, 0.3) is 0 Å². The maximum absolute atomic E-state index is 10.7. The number of carbonyl (C=O) groups is 1. The molecule has 0 amide bonds. The number of hydrogen-bond donors (Lipinski definition) is 1. The molecule has 5 nitrogen and oxygen atoms in total. The molecular weight excluding hydrogens is 330 g/mol. The predicted molar refractivity (Wildman–Crippen MR) is 97.5 cm³/mol. The van der Waals surface area contributed by atoms with E-state index in [-0.39, 0.29) is 12.5 Å². The fraction of sp³-hybridized carbons (Fsp3) is 0.429. The van der Waals surface area contributed by atoms with E-state index in [4.69, 9.17) is 14.6 Å². The highest BCUT2D eigenvalue weighted by atomic mass is 16.5. The van der Waals surface area contributed by atoms with Gasteiger partial charge in [-0.2, -0.15) is 0 Å². The lowest BCUT2D eigenvalue weighted by Crippen LogP contribution is -2.23. The molecule has 5 heteroatoms. The number of rotatable bonds is 7. The van der Waals surface area contributed by atoms with Gasteiger partial charge < -0.3 is 14.6 Å². The molecule has 1 aromatic heterocycles. The Morgan fingerprint density at radius 3 is 2.96 bits per heavy atom. The molecule has 0 radical (unpaired) electrons. The second kappa shape index (κ2) is 7.36. The van der Waals surface area contributed by atoms with Crippen molar-refractivity contribution >= 4 is 5.97 Å². The number of aliphatic carboxylic acids is 1. The molecule has 1 atom stereocenters. The summed E-state index contributed by atoms with van der Waals surface area (Å²) in [6.45, 7) is 0.739. The van der Waals surface area contributed by atoms with Gasteiger partial charge in [-0.05, 0) is 73.4 Å². The number of pyridine rings is 1. The number of carboxylic acids is 1. The van der Waals surface area contributed by atoms with Crippen molar-refractivity contribution in [2.75, 3.05) is 6.61 Å². The molecule has 1 aliphatic heterocycles. The van der Waals surface area contributed by atoms with Crippen LogP contribution in [0.4, 0.5) is 0 Å². The number of benzene rings is 1. The molecule has 1 fully saturated rings. The van der Waals surface area contributed by atoms with Crippen LogP contribution in [-0.2, 0) is 11.2 Å². The van der Waals surface area contributed by atoms with Crippen molar-refractivity contribution in [2.45, 2.75) is 44.6 Å². The molecule has 26 heavy (non-hydrogen) atoms. The van der Waals surface area contributed by atoms with E-state index in [0.29, 0.717) is 18.2 Å². The summed E-state index contributed by atoms with van der Waals surface area (Å²) in [5.74, 6) is 1.46. The molecule has 0 spiro atoms. The summed E-state index contributed by atoms with van der Waals surface area (Å²) >= 11 is 0. The monoisotopic (exact) mass is 353 g/mol. The van der Waals surface area contributed by atoms with E-state index in [9.17, 15) is 4.79 Å². The number of ether oxygens (including phenoxy) is 2. The van der Waals surface area contributed by atoms with Crippen LogP contribution < -0.4 is 9.47 Å². The predicted octanol–water partition coefficient (Wildman–Crippen LogP) is 4.10. The fourth-order valence-corrected chi connectivity index (χ4v) is 3.31. The first kappa shape index (κ1) is 16.9. The first-order valence-corrected chi connectivity index (χ1v) is 9.28. The van der Waals surface area contributed by atoms with Crippen LogP contribution in [0.1, 0.15) is 37.7 Å². The van der Waals surface area contributed by atoms with Gasteiger partial charge >= 0.3 is 5.97 Å². The van der Waals surface area contributed by atoms with Crippen molar-refractivity contribution in [1.29, 1.82) is 0 Å². The molecule has 1 saturated carbocycles. The van der Waals surface area contributed by atoms with Crippen LogP contribution in [0.25, 0.3) is 11.1 Å². The second-order valence-corrected chi connectivity index (χ2v) is 7.14. The number of carboxylic acid groups (broad SMARTS) is 1. The van der Waals surface area contributed by atoms with Crippen LogP contribution in [0, 0.1) is 5.92 Å². The Balaban J connectivity index is 1.50. The zero-order valence-electron chi connectivity index (χ0n) is 14.7. The van der Waals surface area contributed by atoms with Crippen molar-refractivity contribution in [1.82, 2.24) is 4.98 Å². The summed E-state index contributed by atoms with van der Waals surface area (Å²) < 4.78 is 11.9. The average molecular weight is 353 g/mol. The van der Waals surface area contributed by atoms with Crippen molar-refractivity contribution in [2.24, 2.45) is 5.92 Å². The van der Waals surface area contributed by atoms with Crippen LogP contribution in [0.15, 0.2) is 36.5 Å². The van der Waals surface area contributed by atoms with Gasteiger partial charge in [0, 0.05) is 18.2 Å². The van der Waals surface area contributed by atoms with Gasteiger partial charge in [-0.25, -0.2) is 4.98 Å². The molecule has 2 aliphatic rings. The highest BCUT2D eigenvalue weighted by molar-refractivity contribution is 5.70. The Bertz CT molecular complexity index is 800. The first-order valence-electron chi connectivity index (χ1n) is 9.28. The molecule has 0 saturated heterocycles. The maximum atomic E-state index is 10.7. The summed E-state index contributed by atoms with van der Waals surface area (Å²) in [5.41, 5.74) is 3.24. The van der Waals surface area contributed by atoms with E-state index in [0.717, 1.165) is 41.9 Å². The molecule has 2 heterocycles. The molecule has 1 N–H and O–H groups in total. The third-order valence-corrected chi connectivity index (χ3v) is 5.00. The Hall–Kier alpha value is -2.56. The number of fused-ring (bicyclic) bond motifs is 1. The smallest absolute Gasteiger partial charge is 0.303 e. The number of aromatic nitrogens is 1. The van der Waals surface area contributed by atoms with E-state index in [1.807, 2.05) is 24.3 Å². The Labute approximate surface area is 153 Å². The van der Waals surface area contributed by atoms with E-state index in [1.165, 1.54) is 12.8 Å². The molecule has 4 rings (SSSR count). The SMILES string of the molecule is O=C(O)CCC1CCc2cc(-c3cccnc3OCC3CC3)ccc2O1. The van der Waals surface area contributed by atoms with Crippen LogP contribution in [0.2, 0.25) is 0 Å². The topological polar surface area (TPSA) is 68.7 Å². The molecular formula is C21H23NO4. The zero-order chi connectivity index (χ0) is 17.9. The summed E-state index contributed by atoms with van der Waals surface area (Å²) in [6, 6.07) is 10.1. The van der Waals surface area contributed by atoms with Crippen molar-refractivity contribution in [3.8, 4) is 22.8 Å². The van der Waals surface area contributed by atoms with Crippen LogP contribution in [0.5, 0.6) is 11.6 Å². The van der Waals surface area contributed by atoms with E-state index < -0.39 is 5.97 Å². The minimum Gasteiger partial charge on any atom is -0.490 e. The Morgan fingerprint density at radius 1 is 1.27 bits per heavy atom. The minimum absolute atomic E-state index is 0.0136. The highest BCUT2D eigenvalue weighted by Crippen LogP contribution is 2.36. The quantitative estimate of drug-likeness (QED) is 0.812. The zero-order valence-corrected chi connectivity index (χ0v) is 14.7. The summed E-state index contributed by atoms with van der Waals surface area (Å²) in [4.78, 5) is 15.2. The van der Waals surface area contributed by atoms with Gasteiger partial charge in [-0.15, -0.1) is 0 Å².